The molecule has 0 aromatic rings. The van der Waals surface area contributed by atoms with E-state index in [-0.39, 0.29) is 12.8 Å². The van der Waals surface area contributed by atoms with Crippen LogP contribution < -0.4 is 0 Å². The number of rotatable bonds is 6. The largest absolute Gasteiger partial charge is 0.772 e. The summed E-state index contributed by atoms with van der Waals surface area (Å²) >= 11 is -2.45. The van der Waals surface area contributed by atoms with Crippen molar-refractivity contribution < 1.29 is 28.6 Å². The molecule has 0 amide bonds. The van der Waals surface area contributed by atoms with Crippen molar-refractivity contribution in [2.45, 2.75) is 12.8 Å². The SMILES string of the molecule is O=C(O)CCC(CS(=O)[O-])C(=O)O. The quantitative estimate of drug-likeness (QED) is 0.566. The summed E-state index contributed by atoms with van der Waals surface area (Å²) in [6, 6.07) is 0. The average molecular weight is 209 g/mol. The van der Waals surface area contributed by atoms with Crippen LogP contribution in [-0.4, -0.2) is 36.7 Å². The van der Waals surface area contributed by atoms with Crippen LogP contribution in [0.5, 0.6) is 0 Å². The number of aliphatic carboxylic acids is 2. The Morgan fingerprint density at radius 2 is 1.92 bits per heavy atom. The maximum Gasteiger partial charge on any atom is 0.307 e. The van der Waals surface area contributed by atoms with Crippen molar-refractivity contribution in [1.82, 2.24) is 0 Å². The maximum absolute atomic E-state index is 10.4. The standard InChI is InChI=1S/C6H10O6S/c7-5(8)2-1-4(6(9)10)3-13(11)12/h4H,1-3H2,(H,7,8)(H,9,10)(H,11,12)/p-1. The highest BCUT2D eigenvalue weighted by atomic mass is 32.2. The first-order valence-electron chi connectivity index (χ1n) is 3.44. The molecule has 0 aromatic heterocycles. The van der Waals surface area contributed by atoms with Gasteiger partial charge < -0.3 is 14.8 Å². The number of carboxylic acid groups (broad SMARTS) is 2. The van der Waals surface area contributed by atoms with Gasteiger partial charge in [0, 0.05) is 12.2 Å². The van der Waals surface area contributed by atoms with Crippen molar-refractivity contribution in [1.29, 1.82) is 0 Å². The second-order valence-corrected chi connectivity index (χ2v) is 3.38. The molecule has 2 unspecified atom stereocenters. The van der Waals surface area contributed by atoms with Crippen molar-refractivity contribution >= 4 is 23.0 Å². The van der Waals surface area contributed by atoms with Crippen LogP contribution in [0.1, 0.15) is 12.8 Å². The molecule has 0 aromatic carbocycles. The predicted molar refractivity (Wildman–Crippen MR) is 41.8 cm³/mol. The Balaban J connectivity index is 4.02. The van der Waals surface area contributed by atoms with Gasteiger partial charge in [0.15, 0.2) is 0 Å². The Hall–Kier alpha value is -0.950. The summed E-state index contributed by atoms with van der Waals surface area (Å²) in [4.78, 5) is 20.4. The minimum absolute atomic E-state index is 0.168. The lowest BCUT2D eigenvalue weighted by Crippen LogP contribution is -2.21. The van der Waals surface area contributed by atoms with Gasteiger partial charge in [-0.15, -0.1) is 0 Å². The second-order valence-electron chi connectivity index (χ2n) is 2.44. The smallest absolute Gasteiger partial charge is 0.307 e. The highest BCUT2D eigenvalue weighted by Crippen LogP contribution is 2.08. The van der Waals surface area contributed by atoms with Gasteiger partial charge in [-0.05, 0) is 6.42 Å². The van der Waals surface area contributed by atoms with Crippen molar-refractivity contribution in [2.24, 2.45) is 5.92 Å². The number of carbonyl (C=O) groups is 2. The molecule has 6 nitrogen and oxygen atoms in total. The molecule has 0 aliphatic rings. The van der Waals surface area contributed by atoms with Crippen LogP contribution in [0.25, 0.3) is 0 Å². The van der Waals surface area contributed by atoms with Crippen LogP contribution in [0.3, 0.4) is 0 Å². The summed E-state index contributed by atoms with van der Waals surface area (Å²) in [6.45, 7) is 0. The third kappa shape index (κ3) is 6.23. The number of carboxylic acids is 2. The van der Waals surface area contributed by atoms with Crippen molar-refractivity contribution in [3.63, 3.8) is 0 Å². The summed E-state index contributed by atoms with van der Waals surface area (Å²) in [7, 11) is 0. The topological polar surface area (TPSA) is 115 Å². The van der Waals surface area contributed by atoms with Gasteiger partial charge in [-0.1, -0.05) is 11.1 Å². The highest BCUT2D eigenvalue weighted by Gasteiger charge is 2.18. The van der Waals surface area contributed by atoms with E-state index in [1.807, 2.05) is 0 Å². The summed E-state index contributed by atoms with van der Waals surface area (Å²) in [5.74, 6) is -4.09. The average Bonchev–Trinajstić information content (AvgIpc) is 1.96. The molecule has 0 aliphatic carbocycles. The van der Waals surface area contributed by atoms with E-state index in [1.54, 1.807) is 0 Å². The summed E-state index contributed by atoms with van der Waals surface area (Å²) in [5.41, 5.74) is 0. The van der Waals surface area contributed by atoms with Gasteiger partial charge in [0.2, 0.25) is 0 Å². The molecule has 7 heteroatoms. The molecule has 0 aliphatic heterocycles. The highest BCUT2D eigenvalue weighted by molar-refractivity contribution is 7.79. The van der Waals surface area contributed by atoms with Crippen molar-refractivity contribution in [3.8, 4) is 0 Å². The van der Waals surface area contributed by atoms with Gasteiger partial charge in [0.05, 0.1) is 5.92 Å². The van der Waals surface area contributed by atoms with E-state index in [2.05, 4.69) is 0 Å². The molecule has 0 heterocycles. The molecular weight excluding hydrogens is 200 g/mol. The van der Waals surface area contributed by atoms with Gasteiger partial charge in [-0.25, -0.2) is 0 Å². The minimum atomic E-state index is -2.45. The molecule has 0 bridgehead atoms. The first-order chi connectivity index (χ1) is 5.93. The minimum Gasteiger partial charge on any atom is -0.772 e. The fourth-order valence-corrected chi connectivity index (χ4v) is 1.38. The molecular formula is C6H9O6S-. The number of hydrogen-bond donors (Lipinski definition) is 2. The van der Waals surface area contributed by atoms with E-state index in [1.165, 1.54) is 0 Å². The van der Waals surface area contributed by atoms with Crippen LogP contribution in [0.4, 0.5) is 0 Å². The molecule has 0 saturated carbocycles. The Kier molecular flexibility index (Phi) is 5.24. The number of hydrogen-bond acceptors (Lipinski definition) is 4. The van der Waals surface area contributed by atoms with Gasteiger partial charge in [-0.3, -0.25) is 13.8 Å². The zero-order chi connectivity index (χ0) is 10.4. The van der Waals surface area contributed by atoms with Gasteiger partial charge >= 0.3 is 11.9 Å². The molecule has 2 atom stereocenters. The maximum atomic E-state index is 10.4. The van der Waals surface area contributed by atoms with E-state index >= 15 is 0 Å². The fraction of sp³-hybridized carbons (Fsp3) is 0.667. The zero-order valence-corrected chi connectivity index (χ0v) is 7.45. The third-order valence-electron chi connectivity index (χ3n) is 1.39. The second kappa shape index (κ2) is 5.65. The van der Waals surface area contributed by atoms with Gasteiger partial charge in [0.25, 0.3) is 0 Å². The van der Waals surface area contributed by atoms with Gasteiger partial charge in [-0.2, -0.15) is 0 Å². The molecule has 0 rings (SSSR count). The fourth-order valence-electron chi connectivity index (χ4n) is 0.740. The predicted octanol–water partition coefficient (Wildman–Crippen LogP) is -0.569. The van der Waals surface area contributed by atoms with E-state index in [4.69, 9.17) is 10.2 Å². The summed E-state index contributed by atoms with van der Waals surface area (Å²) in [5, 5.41) is 16.7. The van der Waals surface area contributed by atoms with E-state index < -0.39 is 34.7 Å². The lowest BCUT2D eigenvalue weighted by molar-refractivity contribution is -0.142. The third-order valence-corrected chi connectivity index (χ3v) is 2.07. The molecule has 76 valence electrons. The molecule has 13 heavy (non-hydrogen) atoms. The van der Waals surface area contributed by atoms with Crippen LogP contribution in [0.15, 0.2) is 0 Å². The summed E-state index contributed by atoms with van der Waals surface area (Å²) < 4.78 is 20.3. The first-order valence-corrected chi connectivity index (χ1v) is 4.68. The Morgan fingerprint density at radius 1 is 1.38 bits per heavy atom. The van der Waals surface area contributed by atoms with E-state index in [9.17, 15) is 18.4 Å². The van der Waals surface area contributed by atoms with E-state index in [0.29, 0.717) is 0 Å². The van der Waals surface area contributed by atoms with Crippen LogP contribution >= 0.6 is 0 Å². The molecule has 0 saturated heterocycles. The molecule has 0 fully saturated rings. The molecule has 2 N–H and O–H groups in total. The molecule has 0 spiro atoms. The monoisotopic (exact) mass is 209 g/mol. The lowest BCUT2D eigenvalue weighted by Gasteiger charge is -2.12. The molecule has 0 radical (unpaired) electrons. The Morgan fingerprint density at radius 3 is 2.23 bits per heavy atom. The van der Waals surface area contributed by atoms with Crippen LogP contribution in [0.2, 0.25) is 0 Å². The first kappa shape index (κ1) is 12.0. The zero-order valence-electron chi connectivity index (χ0n) is 6.63. The summed E-state index contributed by atoms with van der Waals surface area (Å²) in [6.07, 6.45) is -0.507. The van der Waals surface area contributed by atoms with E-state index in [0.717, 1.165) is 0 Å². The Labute approximate surface area is 76.9 Å². The van der Waals surface area contributed by atoms with Crippen LogP contribution in [-0.2, 0) is 20.7 Å². The van der Waals surface area contributed by atoms with Gasteiger partial charge in [0.1, 0.15) is 0 Å². The van der Waals surface area contributed by atoms with Crippen molar-refractivity contribution in [2.75, 3.05) is 5.75 Å². The van der Waals surface area contributed by atoms with Crippen LogP contribution in [0, 0.1) is 5.92 Å². The lowest BCUT2D eigenvalue weighted by atomic mass is 10.1. The normalized spacial score (nSPS) is 14.8. The Bertz CT molecular complexity index is 225. The van der Waals surface area contributed by atoms with Crippen molar-refractivity contribution in [3.05, 3.63) is 0 Å².